The molecule has 0 aromatic carbocycles. The maximum Gasteiger partial charge on any atom is 0.129 e. The number of halogens is 1. The molecule has 1 fully saturated rings. The fourth-order valence-electron chi connectivity index (χ4n) is 2.70. The Bertz CT molecular complexity index is 460. The first-order chi connectivity index (χ1) is 8.74. The van der Waals surface area contributed by atoms with E-state index in [0.29, 0.717) is 5.88 Å². The van der Waals surface area contributed by atoms with Gasteiger partial charge in [0.25, 0.3) is 0 Å². The lowest BCUT2D eigenvalue weighted by molar-refractivity contribution is 0.509. The van der Waals surface area contributed by atoms with Crippen LogP contribution in [0, 0.1) is 0 Å². The van der Waals surface area contributed by atoms with E-state index in [1.165, 1.54) is 18.4 Å². The number of hydrogen-bond donors (Lipinski definition) is 0. The summed E-state index contributed by atoms with van der Waals surface area (Å²) in [4.78, 5) is 7.33. The monoisotopic (exact) mass is 280 g/mol. The first-order valence-corrected chi connectivity index (χ1v) is 7.62. The molecule has 1 aromatic rings. The van der Waals surface area contributed by atoms with Crippen LogP contribution in [0.3, 0.4) is 0 Å². The number of nitrogens with zero attached hydrogens (tertiary/aromatic N) is 2. The molecule has 19 heavy (non-hydrogen) atoms. The maximum atomic E-state index is 6.05. The number of aromatic nitrogens is 1. The minimum Gasteiger partial charge on any atom is -0.351 e. The lowest BCUT2D eigenvalue weighted by Crippen LogP contribution is -2.39. The summed E-state index contributed by atoms with van der Waals surface area (Å²) in [5.74, 6) is 1.64. The number of alkyl halides is 1. The first kappa shape index (κ1) is 14.6. The van der Waals surface area contributed by atoms with Gasteiger partial charge in [-0.1, -0.05) is 20.8 Å². The summed E-state index contributed by atoms with van der Waals surface area (Å²) in [5.41, 5.74) is 2.55. The average Bonchev–Trinajstić information content (AvgIpc) is 2.67. The first-order valence-electron chi connectivity index (χ1n) is 7.09. The standard InChI is InChI=1S/C16H25ClN2/c1-15(2,3)13-9-12(11-17)10-14(18-13)19-8-6-7-16(19,4)5/h9-10H,6-8,11H2,1-5H3. The van der Waals surface area contributed by atoms with Gasteiger partial charge in [-0.3, -0.25) is 0 Å². The summed E-state index contributed by atoms with van der Waals surface area (Å²) in [6, 6.07) is 4.29. The largest absolute Gasteiger partial charge is 0.351 e. The second-order valence-corrected chi connectivity index (χ2v) is 7.44. The van der Waals surface area contributed by atoms with Gasteiger partial charge < -0.3 is 4.90 Å². The smallest absolute Gasteiger partial charge is 0.129 e. The van der Waals surface area contributed by atoms with Gasteiger partial charge in [-0.2, -0.15) is 0 Å². The summed E-state index contributed by atoms with van der Waals surface area (Å²) in [5, 5.41) is 0. The highest BCUT2D eigenvalue weighted by Crippen LogP contribution is 2.34. The Kier molecular flexibility index (Phi) is 3.83. The number of anilines is 1. The molecule has 0 saturated carbocycles. The lowest BCUT2D eigenvalue weighted by Gasteiger charge is -2.34. The molecule has 2 rings (SSSR count). The van der Waals surface area contributed by atoms with Crippen LogP contribution in [-0.2, 0) is 11.3 Å². The van der Waals surface area contributed by atoms with Gasteiger partial charge in [0.1, 0.15) is 5.82 Å². The molecule has 0 spiro atoms. The molecular weight excluding hydrogens is 256 g/mol. The van der Waals surface area contributed by atoms with Crippen molar-refractivity contribution in [2.45, 2.75) is 64.3 Å². The molecule has 2 heterocycles. The van der Waals surface area contributed by atoms with Gasteiger partial charge in [-0.15, -0.1) is 11.6 Å². The molecule has 0 bridgehead atoms. The molecule has 3 heteroatoms. The Hall–Kier alpha value is -0.760. The van der Waals surface area contributed by atoms with E-state index in [1.54, 1.807) is 0 Å². The van der Waals surface area contributed by atoms with Crippen molar-refractivity contribution in [3.63, 3.8) is 0 Å². The second-order valence-electron chi connectivity index (χ2n) is 7.17. The fourth-order valence-corrected chi connectivity index (χ4v) is 2.86. The number of rotatable bonds is 2. The van der Waals surface area contributed by atoms with Crippen LogP contribution in [0.2, 0.25) is 0 Å². The van der Waals surface area contributed by atoms with E-state index in [2.05, 4.69) is 51.7 Å². The molecule has 0 aliphatic carbocycles. The Balaban J connectivity index is 2.46. The van der Waals surface area contributed by atoms with Crippen LogP contribution >= 0.6 is 11.6 Å². The summed E-state index contributed by atoms with van der Waals surface area (Å²) < 4.78 is 0. The molecule has 0 N–H and O–H groups in total. The van der Waals surface area contributed by atoms with Crippen LogP contribution in [0.1, 0.15) is 58.7 Å². The zero-order chi connectivity index (χ0) is 14.3. The molecule has 2 nitrogen and oxygen atoms in total. The molecule has 0 unspecified atom stereocenters. The molecule has 0 atom stereocenters. The Morgan fingerprint density at radius 3 is 2.47 bits per heavy atom. The van der Waals surface area contributed by atoms with Crippen molar-refractivity contribution in [3.8, 4) is 0 Å². The molecule has 1 aliphatic rings. The van der Waals surface area contributed by atoms with E-state index >= 15 is 0 Å². The molecule has 1 saturated heterocycles. The summed E-state index contributed by atoms with van der Waals surface area (Å²) >= 11 is 6.05. The summed E-state index contributed by atoms with van der Waals surface area (Å²) in [6.07, 6.45) is 2.47. The molecule has 106 valence electrons. The van der Waals surface area contributed by atoms with Crippen LogP contribution in [0.15, 0.2) is 12.1 Å². The SMILES string of the molecule is CC(C)(C)c1cc(CCl)cc(N2CCCC2(C)C)n1. The van der Waals surface area contributed by atoms with Gasteiger partial charge in [0, 0.05) is 29.1 Å². The van der Waals surface area contributed by atoms with Crippen LogP contribution in [0.4, 0.5) is 5.82 Å². The van der Waals surface area contributed by atoms with E-state index in [0.717, 1.165) is 18.1 Å². The lowest BCUT2D eigenvalue weighted by atomic mass is 9.90. The normalized spacial score (nSPS) is 18.9. The zero-order valence-corrected chi connectivity index (χ0v) is 13.5. The Morgan fingerprint density at radius 1 is 1.32 bits per heavy atom. The maximum absolute atomic E-state index is 6.05. The van der Waals surface area contributed by atoms with Crippen molar-refractivity contribution in [1.82, 2.24) is 4.98 Å². The van der Waals surface area contributed by atoms with Crippen molar-refractivity contribution in [2.75, 3.05) is 11.4 Å². The van der Waals surface area contributed by atoms with Crippen LogP contribution in [0.5, 0.6) is 0 Å². The quantitative estimate of drug-likeness (QED) is 0.742. The third-order valence-electron chi connectivity index (χ3n) is 3.97. The van der Waals surface area contributed by atoms with Gasteiger partial charge in [-0.25, -0.2) is 4.98 Å². The topological polar surface area (TPSA) is 16.1 Å². The average molecular weight is 281 g/mol. The van der Waals surface area contributed by atoms with E-state index in [4.69, 9.17) is 16.6 Å². The van der Waals surface area contributed by atoms with Crippen LogP contribution in [0.25, 0.3) is 0 Å². The molecular formula is C16H25ClN2. The van der Waals surface area contributed by atoms with Crippen molar-refractivity contribution in [1.29, 1.82) is 0 Å². The summed E-state index contributed by atoms with van der Waals surface area (Å²) in [6.45, 7) is 12.3. The minimum atomic E-state index is 0.0562. The zero-order valence-electron chi connectivity index (χ0n) is 12.8. The molecule has 1 aromatic heterocycles. The van der Waals surface area contributed by atoms with Crippen molar-refractivity contribution >= 4 is 17.4 Å². The highest BCUT2D eigenvalue weighted by Gasteiger charge is 2.33. The predicted octanol–water partition coefficient (Wildman–Crippen LogP) is 4.50. The highest BCUT2D eigenvalue weighted by atomic mass is 35.5. The Morgan fingerprint density at radius 2 is 2.00 bits per heavy atom. The van der Waals surface area contributed by atoms with Crippen LogP contribution in [-0.4, -0.2) is 17.1 Å². The molecule has 1 aliphatic heterocycles. The predicted molar refractivity (Wildman–Crippen MR) is 83.2 cm³/mol. The Labute approximate surface area is 122 Å². The highest BCUT2D eigenvalue weighted by molar-refractivity contribution is 6.17. The second kappa shape index (κ2) is 4.97. The number of hydrogen-bond acceptors (Lipinski definition) is 2. The fraction of sp³-hybridized carbons (Fsp3) is 0.688. The summed E-state index contributed by atoms with van der Waals surface area (Å²) in [7, 11) is 0. The van der Waals surface area contributed by atoms with Gasteiger partial charge >= 0.3 is 0 Å². The molecule has 0 radical (unpaired) electrons. The van der Waals surface area contributed by atoms with Crippen molar-refractivity contribution < 1.29 is 0 Å². The third kappa shape index (κ3) is 3.05. The van der Waals surface area contributed by atoms with Crippen molar-refractivity contribution in [3.05, 3.63) is 23.4 Å². The van der Waals surface area contributed by atoms with Gasteiger partial charge in [0.15, 0.2) is 0 Å². The van der Waals surface area contributed by atoms with Crippen LogP contribution < -0.4 is 4.90 Å². The van der Waals surface area contributed by atoms with E-state index < -0.39 is 0 Å². The van der Waals surface area contributed by atoms with Gasteiger partial charge in [0.2, 0.25) is 0 Å². The van der Waals surface area contributed by atoms with E-state index in [1.807, 2.05) is 0 Å². The molecule has 0 amide bonds. The van der Waals surface area contributed by atoms with E-state index in [-0.39, 0.29) is 11.0 Å². The van der Waals surface area contributed by atoms with Crippen molar-refractivity contribution in [2.24, 2.45) is 0 Å². The van der Waals surface area contributed by atoms with Gasteiger partial charge in [-0.05, 0) is 44.4 Å². The minimum absolute atomic E-state index is 0.0562. The van der Waals surface area contributed by atoms with E-state index in [9.17, 15) is 0 Å². The number of pyridine rings is 1. The van der Waals surface area contributed by atoms with Gasteiger partial charge in [0.05, 0.1) is 0 Å². The third-order valence-corrected chi connectivity index (χ3v) is 4.28.